The van der Waals surface area contributed by atoms with E-state index >= 15 is 0 Å². The van der Waals surface area contributed by atoms with Crippen molar-refractivity contribution in [3.05, 3.63) is 267 Å². The molecule has 0 atom stereocenters. The maximum atomic E-state index is 6.40. The minimum Gasteiger partial charge on any atom is -0.456 e. The summed E-state index contributed by atoms with van der Waals surface area (Å²) in [6.07, 6.45) is 0. The van der Waals surface area contributed by atoms with Crippen molar-refractivity contribution < 1.29 is 4.42 Å². The third-order valence-corrected chi connectivity index (χ3v) is 13.7. The number of benzene rings is 11. The van der Waals surface area contributed by atoms with E-state index in [0.29, 0.717) is 0 Å². The molecule has 13 rings (SSSR count). The highest BCUT2D eigenvalue weighted by atomic mass is 16.3. The second kappa shape index (κ2) is 16.9. The maximum Gasteiger partial charge on any atom is 0.136 e. The average molecular weight is 881 g/mol. The molecule has 0 N–H and O–H groups in total. The third-order valence-electron chi connectivity index (χ3n) is 13.7. The molecule has 0 aliphatic heterocycles. The molecular formula is C66H44N2O. The lowest BCUT2D eigenvalue weighted by atomic mass is 9.94. The minimum atomic E-state index is 0.878. The van der Waals surface area contributed by atoms with Gasteiger partial charge in [0, 0.05) is 44.2 Å². The van der Waals surface area contributed by atoms with E-state index in [1.54, 1.807) is 0 Å². The second-order valence-electron chi connectivity index (χ2n) is 17.6. The molecule has 3 nitrogen and oxygen atoms in total. The molecule has 0 bridgehead atoms. The van der Waals surface area contributed by atoms with Crippen LogP contribution >= 0.6 is 0 Å². The number of furan rings is 1. The summed E-state index contributed by atoms with van der Waals surface area (Å²) in [4.78, 5) is 2.39. The van der Waals surface area contributed by atoms with Crippen LogP contribution in [0.3, 0.4) is 0 Å². The fraction of sp³-hybridized carbons (Fsp3) is 0. The normalized spacial score (nSPS) is 11.5. The van der Waals surface area contributed by atoms with Gasteiger partial charge in [-0.2, -0.15) is 0 Å². The molecule has 0 amide bonds. The van der Waals surface area contributed by atoms with Crippen molar-refractivity contribution in [3.8, 4) is 61.3 Å². The number of anilines is 3. The number of aromatic nitrogens is 1. The predicted octanol–water partition coefficient (Wildman–Crippen LogP) is 18.5. The third kappa shape index (κ3) is 7.08. The molecule has 0 spiro atoms. The van der Waals surface area contributed by atoms with Gasteiger partial charge in [0.1, 0.15) is 11.2 Å². The van der Waals surface area contributed by atoms with Crippen LogP contribution in [-0.2, 0) is 0 Å². The van der Waals surface area contributed by atoms with E-state index in [9.17, 15) is 0 Å². The summed E-state index contributed by atoms with van der Waals surface area (Å²) in [6.45, 7) is 0. The van der Waals surface area contributed by atoms with E-state index in [0.717, 1.165) is 61.4 Å². The molecule has 2 aromatic heterocycles. The number of hydrogen-bond donors (Lipinski definition) is 0. The fourth-order valence-electron chi connectivity index (χ4n) is 10.4. The summed E-state index contributed by atoms with van der Waals surface area (Å²) in [5.74, 6) is 0. The molecular weight excluding hydrogens is 837 g/mol. The van der Waals surface area contributed by atoms with Crippen LogP contribution in [0, 0.1) is 0 Å². The fourth-order valence-corrected chi connectivity index (χ4v) is 10.4. The Morgan fingerprint density at radius 2 is 0.696 bits per heavy atom. The molecule has 0 unspecified atom stereocenters. The van der Waals surface area contributed by atoms with Crippen LogP contribution in [0.1, 0.15) is 0 Å². The Balaban J connectivity index is 0.857. The van der Waals surface area contributed by atoms with Gasteiger partial charge < -0.3 is 13.9 Å². The van der Waals surface area contributed by atoms with E-state index < -0.39 is 0 Å². The minimum absolute atomic E-state index is 0.878. The van der Waals surface area contributed by atoms with Crippen molar-refractivity contribution in [2.45, 2.75) is 0 Å². The number of para-hydroxylation sites is 4. The van der Waals surface area contributed by atoms with Gasteiger partial charge in [-0.25, -0.2) is 0 Å². The Morgan fingerprint density at radius 1 is 0.275 bits per heavy atom. The number of nitrogens with zero attached hydrogens (tertiary/aromatic N) is 2. The summed E-state index contributed by atoms with van der Waals surface area (Å²) in [5, 5.41) is 4.76. The highest BCUT2D eigenvalue weighted by Gasteiger charge is 2.21. The van der Waals surface area contributed by atoms with E-state index in [1.165, 1.54) is 60.8 Å². The van der Waals surface area contributed by atoms with Gasteiger partial charge in [0.15, 0.2) is 0 Å². The first-order valence-corrected chi connectivity index (χ1v) is 23.6. The highest BCUT2D eigenvalue weighted by molar-refractivity contribution is 6.14. The molecule has 13 aromatic rings. The predicted molar refractivity (Wildman–Crippen MR) is 290 cm³/mol. The van der Waals surface area contributed by atoms with Crippen LogP contribution in [0.15, 0.2) is 271 Å². The smallest absolute Gasteiger partial charge is 0.136 e. The van der Waals surface area contributed by atoms with E-state index in [1.807, 2.05) is 6.07 Å². The molecule has 0 aliphatic carbocycles. The van der Waals surface area contributed by atoms with Crippen molar-refractivity contribution in [2.75, 3.05) is 4.90 Å². The lowest BCUT2D eigenvalue weighted by Crippen LogP contribution is -2.11. The van der Waals surface area contributed by atoms with E-state index in [4.69, 9.17) is 4.42 Å². The van der Waals surface area contributed by atoms with Crippen molar-refractivity contribution in [1.29, 1.82) is 0 Å². The topological polar surface area (TPSA) is 21.3 Å². The molecule has 3 heteroatoms. The highest BCUT2D eigenvalue weighted by Crippen LogP contribution is 2.46. The zero-order valence-electron chi connectivity index (χ0n) is 37.7. The first-order chi connectivity index (χ1) is 34.2. The molecule has 2 heterocycles. The van der Waals surface area contributed by atoms with Crippen LogP contribution in [0.25, 0.3) is 105 Å². The van der Waals surface area contributed by atoms with Gasteiger partial charge in [0.25, 0.3) is 0 Å². The second-order valence-corrected chi connectivity index (χ2v) is 17.6. The summed E-state index contributed by atoms with van der Waals surface area (Å²) >= 11 is 0. The quantitative estimate of drug-likeness (QED) is 0.144. The van der Waals surface area contributed by atoms with E-state index in [-0.39, 0.29) is 0 Å². The summed E-state index contributed by atoms with van der Waals surface area (Å²) < 4.78 is 8.76. The first-order valence-electron chi connectivity index (χ1n) is 23.6. The lowest BCUT2D eigenvalue weighted by molar-refractivity contribution is 0.669. The lowest BCUT2D eigenvalue weighted by Gasteiger charge is -2.28. The Labute approximate surface area is 401 Å². The Kier molecular flexibility index (Phi) is 9.84. The Bertz CT molecular complexity index is 3920. The Hall–Kier alpha value is -9.18. The van der Waals surface area contributed by atoms with Crippen molar-refractivity contribution >= 4 is 60.8 Å². The van der Waals surface area contributed by atoms with Gasteiger partial charge in [-0.1, -0.05) is 200 Å². The van der Waals surface area contributed by atoms with Gasteiger partial charge >= 0.3 is 0 Å². The maximum absolute atomic E-state index is 6.40. The molecule has 0 fully saturated rings. The first kappa shape index (κ1) is 40.1. The largest absolute Gasteiger partial charge is 0.456 e. The summed E-state index contributed by atoms with van der Waals surface area (Å²) in [6, 6.07) is 96.0. The zero-order chi connectivity index (χ0) is 45.7. The average Bonchev–Trinajstić information content (AvgIpc) is 3.98. The van der Waals surface area contributed by atoms with Gasteiger partial charge in [0.05, 0.1) is 16.7 Å². The standard InChI is InChI=1S/C66H44N2O/c1-2-15-49(16-3-1)54-17-4-5-18-55(54)50-37-43-52(44-38-50)67(61-24-10-8-21-58(61)59-23-14-28-65-66(59)60-22-9-13-27-64(60)69-65)51-39-33-47(34-40-51)45-29-31-46(32-30-45)48-35-41-53(42-36-48)68-62-25-11-6-19-56(62)57-20-7-12-26-63(57)68/h1-44H. The van der Waals surface area contributed by atoms with Crippen LogP contribution in [0.2, 0.25) is 0 Å². The molecule has 0 saturated heterocycles. The SMILES string of the molecule is c1ccc(-c2ccccc2-c2ccc(N(c3ccc(-c4ccc(-c5ccc(-n6c7ccccc7c7ccccc76)cc5)cc4)cc3)c3ccccc3-c3cccc4oc5ccccc5c34)cc2)cc1. The van der Waals surface area contributed by atoms with Gasteiger partial charge in [0.2, 0.25) is 0 Å². The van der Waals surface area contributed by atoms with Crippen molar-refractivity contribution in [2.24, 2.45) is 0 Å². The number of fused-ring (bicyclic) bond motifs is 6. The Morgan fingerprint density at radius 3 is 1.30 bits per heavy atom. The molecule has 0 radical (unpaired) electrons. The van der Waals surface area contributed by atoms with Gasteiger partial charge in [-0.15, -0.1) is 0 Å². The van der Waals surface area contributed by atoms with Gasteiger partial charge in [-0.3, -0.25) is 0 Å². The monoisotopic (exact) mass is 880 g/mol. The van der Waals surface area contributed by atoms with Crippen LogP contribution in [-0.4, -0.2) is 4.57 Å². The van der Waals surface area contributed by atoms with E-state index in [2.05, 4.69) is 270 Å². The summed E-state index contributed by atoms with van der Waals surface area (Å²) in [7, 11) is 0. The van der Waals surface area contributed by atoms with Crippen LogP contribution < -0.4 is 4.90 Å². The van der Waals surface area contributed by atoms with Crippen molar-refractivity contribution in [1.82, 2.24) is 4.57 Å². The molecule has 11 aromatic carbocycles. The van der Waals surface area contributed by atoms with Gasteiger partial charge in [-0.05, 0) is 117 Å². The molecule has 0 saturated carbocycles. The zero-order valence-corrected chi connectivity index (χ0v) is 37.7. The molecule has 69 heavy (non-hydrogen) atoms. The van der Waals surface area contributed by atoms with Crippen LogP contribution in [0.5, 0.6) is 0 Å². The number of rotatable bonds is 9. The summed E-state index contributed by atoms with van der Waals surface area (Å²) in [5.41, 5.74) is 20.3. The van der Waals surface area contributed by atoms with Crippen molar-refractivity contribution in [3.63, 3.8) is 0 Å². The molecule has 0 aliphatic rings. The number of hydrogen-bond acceptors (Lipinski definition) is 2. The van der Waals surface area contributed by atoms with Crippen LogP contribution in [0.4, 0.5) is 17.1 Å². The molecule has 324 valence electrons.